The molecule has 1 unspecified atom stereocenters. The number of hydrogen-bond acceptors (Lipinski definition) is 4. The lowest BCUT2D eigenvalue weighted by Crippen LogP contribution is -2.15. The van der Waals surface area contributed by atoms with E-state index in [0.29, 0.717) is 12.3 Å². The zero-order valence-corrected chi connectivity index (χ0v) is 12.8. The topological polar surface area (TPSA) is 77.2 Å². The van der Waals surface area contributed by atoms with Crippen LogP contribution < -0.4 is 5.73 Å². The number of nitrogens with two attached hydrogens (primary N) is 1. The van der Waals surface area contributed by atoms with Crippen molar-refractivity contribution in [1.82, 2.24) is 0 Å². The minimum Gasteiger partial charge on any atom is -0.326 e. The van der Waals surface area contributed by atoms with Crippen molar-refractivity contribution in [2.75, 3.05) is 17.3 Å². The van der Waals surface area contributed by atoms with Gasteiger partial charge in [-0.25, -0.2) is 8.42 Å². The highest BCUT2D eigenvalue weighted by Crippen LogP contribution is 2.12. The lowest BCUT2D eigenvalue weighted by molar-refractivity contribution is 0.597. The largest absolute Gasteiger partial charge is 0.326 e. The van der Waals surface area contributed by atoms with E-state index in [1.807, 2.05) is 6.92 Å². The summed E-state index contributed by atoms with van der Waals surface area (Å²) in [5.74, 6) is 0.727. The molecule has 0 aromatic heterocycles. The Morgan fingerprint density at radius 3 is 2.32 bits per heavy atom. The zero-order chi connectivity index (χ0) is 14.3. The Morgan fingerprint density at radius 2 is 1.79 bits per heavy atom. The Bertz CT molecular complexity index is 509. The maximum absolute atomic E-state index is 12.0. The molecule has 0 aliphatic carbocycles. The summed E-state index contributed by atoms with van der Waals surface area (Å²) >= 11 is 0. The molecule has 1 aromatic rings. The van der Waals surface area contributed by atoms with E-state index in [-0.39, 0.29) is 16.4 Å². The van der Waals surface area contributed by atoms with Crippen molar-refractivity contribution in [2.24, 2.45) is 5.73 Å². The first kappa shape index (κ1) is 16.3. The summed E-state index contributed by atoms with van der Waals surface area (Å²) in [6.45, 7) is 2.41. The third-order valence-corrected chi connectivity index (χ3v) is 6.22. The molecule has 1 atom stereocenters. The van der Waals surface area contributed by atoms with Gasteiger partial charge in [0.1, 0.15) is 0 Å². The normalized spacial score (nSPS) is 13.4. The molecule has 108 valence electrons. The van der Waals surface area contributed by atoms with E-state index in [9.17, 15) is 12.6 Å². The van der Waals surface area contributed by atoms with Crippen molar-refractivity contribution in [3.63, 3.8) is 0 Å². The Hall–Kier alpha value is -0.720. The second-order valence-electron chi connectivity index (χ2n) is 4.37. The van der Waals surface area contributed by atoms with Crippen molar-refractivity contribution < 1.29 is 12.6 Å². The molecule has 2 N–H and O–H groups in total. The zero-order valence-electron chi connectivity index (χ0n) is 11.2. The maximum Gasteiger partial charge on any atom is 0.179 e. The van der Waals surface area contributed by atoms with Crippen LogP contribution in [0.1, 0.15) is 25.3 Å². The van der Waals surface area contributed by atoms with Crippen molar-refractivity contribution in [3.05, 3.63) is 29.8 Å². The van der Waals surface area contributed by atoms with Crippen LogP contribution in [-0.2, 0) is 27.2 Å². The molecule has 0 saturated carbocycles. The SMILES string of the molecule is CCCCS(=O)CCS(=O)(=O)c1ccc(CN)cc1. The first-order valence-corrected chi connectivity index (χ1v) is 9.50. The molecule has 0 bridgehead atoms. The Morgan fingerprint density at radius 1 is 1.16 bits per heavy atom. The van der Waals surface area contributed by atoms with Gasteiger partial charge in [0.05, 0.1) is 10.6 Å². The van der Waals surface area contributed by atoms with Crippen LogP contribution in [0, 0.1) is 0 Å². The van der Waals surface area contributed by atoms with E-state index in [4.69, 9.17) is 5.73 Å². The van der Waals surface area contributed by atoms with Crippen LogP contribution in [0.3, 0.4) is 0 Å². The van der Waals surface area contributed by atoms with E-state index >= 15 is 0 Å². The van der Waals surface area contributed by atoms with Gasteiger partial charge in [0.2, 0.25) is 0 Å². The van der Waals surface area contributed by atoms with E-state index in [0.717, 1.165) is 18.4 Å². The minimum atomic E-state index is -3.34. The van der Waals surface area contributed by atoms with Crippen molar-refractivity contribution in [3.8, 4) is 0 Å². The number of rotatable bonds is 8. The predicted octanol–water partition coefficient (Wildman–Crippen LogP) is 1.47. The fraction of sp³-hybridized carbons (Fsp3) is 0.538. The molecule has 0 fully saturated rings. The lowest BCUT2D eigenvalue weighted by Gasteiger charge is -2.05. The summed E-state index contributed by atoms with van der Waals surface area (Å²) in [6.07, 6.45) is 1.84. The number of unbranched alkanes of at least 4 members (excludes halogenated alkanes) is 1. The quantitative estimate of drug-likeness (QED) is 0.789. The van der Waals surface area contributed by atoms with Gasteiger partial charge in [-0.05, 0) is 24.1 Å². The Kier molecular flexibility index (Phi) is 6.68. The van der Waals surface area contributed by atoms with Crippen molar-refractivity contribution >= 4 is 20.6 Å². The van der Waals surface area contributed by atoms with Crippen LogP contribution >= 0.6 is 0 Å². The molecule has 0 spiro atoms. The van der Waals surface area contributed by atoms with Gasteiger partial charge in [-0.3, -0.25) is 4.21 Å². The van der Waals surface area contributed by atoms with Gasteiger partial charge in [0.25, 0.3) is 0 Å². The van der Waals surface area contributed by atoms with E-state index in [1.54, 1.807) is 24.3 Å². The van der Waals surface area contributed by atoms with Crippen LogP contribution in [0.25, 0.3) is 0 Å². The number of benzene rings is 1. The van der Waals surface area contributed by atoms with Gasteiger partial charge in [-0.1, -0.05) is 25.5 Å². The van der Waals surface area contributed by atoms with Gasteiger partial charge in [0.15, 0.2) is 9.84 Å². The minimum absolute atomic E-state index is 0.0642. The van der Waals surface area contributed by atoms with Gasteiger partial charge >= 0.3 is 0 Å². The van der Waals surface area contributed by atoms with Crippen LogP contribution in [0.4, 0.5) is 0 Å². The molecule has 4 nitrogen and oxygen atoms in total. The Balaban J connectivity index is 2.62. The molecule has 1 rings (SSSR count). The molecule has 0 aliphatic rings. The average molecular weight is 303 g/mol. The molecule has 0 heterocycles. The van der Waals surface area contributed by atoms with Crippen LogP contribution in [0.2, 0.25) is 0 Å². The fourth-order valence-corrected chi connectivity index (χ4v) is 4.78. The molecule has 0 amide bonds. The number of hydrogen-bond donors (Lipinski definition) is 1. The third kappa shape index (κ3) is 5.42. The monoisotopic (exact) mass is 303 g/mol. The third-order valence-electron chi connectivity index (χ3n) is 2.82. The van der Waals surface area contributed by atoms with Crippen molar-refractivity contribution in [1.29, 1.82) is 0 Å². The van der Waals surface area contributed by atoms with Gasteiger partial charge < -0.3 is 5.73 Å². The fourth-order valence-electron chi connectivity index (χ4n) is 1.56. The van der Waals surface area contributed by atoms with Gasteiger partial charge in [0, 0.05) is 28.9 Å². The molecule has 19 heavy (non-hydrogen) atoms. The van der Waals surface area contributed by atoms with E-state index in [2.05, 4.69) is 0 Å². The summed E-state index contributed by atoms with van der Waals surface area (Å²) in [7, 11) is -4.38. The first-order chi connectivity index (χ1) is 8.99. The average Bonchev–Trinajstić information content (AvgIpc) is 2.43. The first-order valence-electron chi connectivity index (χ1n) is 6.36. The van der Waals surface area contributed by atoms with Crippen molar-refractivity contribution in [2.45, 2.75) is 31.2 Å². The molecule has 0 radical (unpaired) electrons. The summed E-state index contributed by atoms with van der Waals surface area (Å²) in [5, 5.41) is 0. The van der Waals surface area contributed by atoms with Gasteiger partial charge in [-0.2, -0.15) is 0 Å². The van der Waals surface area contributed by atoms with Gasteiger partial charge in [-0.15, -0.1) is 0 Å². The maximum atomic E-state index is 12.0. The summed E-state index contributed by atoms with van der Waals surface area (Å²) in [5.41, 5.74) is 6.36. The van der Waals surface area contributed by atoms with Crippen LogP contribution in [-0.4, -0.2) is 29.9 Å². The molecule has 0 saturated heterocycles. The molecule has 6 heteroatoms. The van der Waals surface area contributed by atoms with Crippen LogP contribution in [0.15, 0.2) is 29.2 Å². The summed E-state index contributed by atoms with van der Waals surface area (Å²) in [4.78, 5) is 0.275. The van der Waals surface area contributed by atoms with E-state index in [1.165, 1.54) is 0 Å². The molecule has 0 aliphatic heterocycles. The highest BCUT2D eigenvalue weighted by atomic mass is 32.2. The molecule has 1 aromatic carbocycles. The standard InChI is InChI=1S/C13H21NO3S2/c1-2-3-8-18(15)9-10-19(16,17)13-6-4-12(11-14)5-7-13/h4-7H,2-3,8-11,14H2,1H3. The second kappa shape index (κ2) is 7.77. The smallest absolute Gasteiger partial charge is 0.179 e. The summed E-state index contributed by atoms with van der Waals surface area (Å²) < 4.78 is 35.7. The highest BCUT2D eigenvalue weighted by molar-refractivity contribution is 7.93. The Labute approximate surface area is 117 Å². The highest BCUT2D eigenvalue weighted by Gasteiger charge is 2.15. The molecular formula is C13H21NO3S2. The number of sulfone groups is 1. The summed E-state index contributed by atoms with van der Waals surface area (Å²) in [6, 6.07) is 6.54. The second-order valence-corrected chi connectivity index (χ2v) is 8.17. The molecular weight excluding hydrogens is 282 g/mol. The predicted molar refractivity (Wildman–Crippen MR) is 79.2 cm³/mol. The van der Waals surface area contributed by atoms with Crippen LogP contribution in [0.5, 0.6) is 0 Å². The van der Waals surface area contributed by atoms with E-state index < -0.39 is 20.6 Å². The lowest BCUT2D eigenvalue weighted by atomic mass is 10.2.